The Kier molecular flexibility index (Phi) is 6.24. The molecule has 0 bridgehead atoms. The predicted molar refractivity (Wildman–Crippen MR) is 92.3 cm³/mol. The molecule has 2 fully saturated rings. The number of nitrogens with one attached hydrogen (secondary N) is 2. The van der Waals surface area contributed by atoms with E-state index in [0.717, 1.165) is 36.5 Å². The molecule has 136 valence electrons. The van der Waals surface area contributed by atoms with Gasteiger partial charge in [0, 0.05) is 6.54 Å². The zero-order valence-corrected chi connectivity index (χ0v) is 15.2. The molecule has 6 heteroatoms. The van der Waals surface area contributed by atoms with E-state index >= 15 is 0 Å². The molecule has 2 rings (SSSR count). The van der Waals surface area contributed by atoms with Crippen LogP contribution in [0.4, 0.5) is 4.79 Å². The first kappa shape index (κ1) is 18.7. The van der Waals surface area contributed by atoms with Gasteiger partial charge < -0.3 is 10.6 Å². The lowest BCUT2D eigenvalue weighted by Gasteiger charge is -2.20. The van der Waals surface area contributed by atoms with E-state index in [9.17, 15) is 14.4 Å². The number of hydrogen-bond acceptors (Lipinski definition) is 3. The van der Waals surface area contributed by atoms with Crippen molar-refractivity contribution in [1.29, 1.82) is 0 Å². The summed E-state index contributed by atoms with van der Waals surface area (Å²) in [6, 6.07) is -0.446. The maximum absolute atomic E-state index is 12.4. The fourth-order valence-electron chi connectivity index (χ4n) is 3.26. The Morgan fingerprint density at radius 2 is 1.92 bits per heavy atom. The maximum Gasteiger partial charge on any atom is 0.325 e. The zero-order valence-electron chi connectivity index (χ0n) is 15.2. The smallest absolute Gasteiger partial charge is 0.325 e. The number of rotatable bonds is 10. The number of carbonyl (C=O) groups excluding carboxylic acids is 3. The number of imide groups is 1. The molecule has 6 nitrogen and oxygen atoms in total. The third kappa shape index (κ3) is 4.71. The molecule has 0 spiro atoms. The van der Waals surface area contributed by atoms with Crippen molar-refractivity contribution < 1.29 is 14.4 Å². The van der Waals surface area contributed by atoms with Gasteiger partial charge in [0.1, 0.15) is 12.1 Å². The largest absolute Gasteiger partial charge is 0.355 e. The average Bonchev–Trinajstić information content (AvgIpc) is 3.32. The van der Waals surface area contributed by atoms with Gasteiger partial charge in [-0.2, -0.15) is 0 Å². The Morgan fingerprint density at radius 3 is 2.54 bits per heavy atom. The third-order valence-electron chi connectivity index (χ3n) is 5.03. The first-order valence-electron chi connectivity index (χ1n) is 9.25. The van der Waals surface area contributed by atoms with Gasteiger partial charge in [0.2, 0.25) is 5.91 Å². The number of nitrogens with zero attached hydrogens (tertiary/aromatic N) is 1. The summed E-state index contributed by atoms with van der Waals surface area (Å²) < 4.78 is 0. The highest BCUT2D eigenvalue weighted by Crippen LogP contribution is 2.42. The molecular formula is C18H31N3O3. The molecule has 4 amide bonds. The average molecular weight is 337 g/mol. The lowest BCUT2D eigenvalue weighted by Crippen LogP contribution is -2.47. The van der Waals surface area contributed by atoms with Crippen LogP contribution in [0.1, 0.15) is 65.7 Å². The van der Waals surface area contributed by atoms with Crippen LogP contribution in [0.15, 0.2) is 0 Å². The van der Waals surface area contributed by atoms with Crippen molar-refractivity contribution in [1.82, 2.24) is 15.5 Å². The topological polar surface area (TPSA) is 78.5 Å². The molecule has 2 N–H and O–H groups in total. The van der Waals surface area contributed by atoms with Crippen LogP contribution in [0.5, 0.6) is 0 Å². The highest BCUT2D eigenvalue weighted by Gasteiger charge is 2.56. The molecule has 1 saturated heterocycles. The lowest BCUT2D eigenvalue weighted by molar-refractivity contribution is -0.135. The van der Waals surface area contributed by atoms with Gasteiger partial charge in [-0.25, -0.2) is 4.79 Å². The molecule has 1 aliphatic heterocycles. The quantitative estimate of drug-likeness (QED) is 0.475. The summed E-state index contributed by atoms with van der Waals surface area (Å²) in [7, 11) is 0. The SMILES string of the molecule is CC(C)CCCCCCNC(=O)CN1C(=O)NC(C)(C2CC2)C1=O. The number of amides is 4. The summed E-state index contributed by atoms with van der Waals surface area (Å²) in [5, 5.41) is 5.56. The minimum atomic E-state index is -0.812. The van der Waals surface area contributed by atoms with Gasteiger partial charge in [-0.1, -0.05) is 39.5 Å². The van der Waals surface area contributed by atoms with Gasteiger partial charge in [0.05, 0.1) is 0 Å². The summed E-state index contributed by atoms with van der Waals surface area (Å²) in [6.07, 6.45) is 7.60. The van der Waals surface area contributed by atoms with Gasteiger partial charge >= 0.3 is 6.03 Å². The molecule has 1 saturated carbocycles. The van der Waals surface area contributed by atoms with E-state index in [1.165, 1.54) is 19.3 Å². The Hall–Kier alpha value is -1.59. The van der Waals surface area contributed by atoms with Gasteiger partial charge in [0.25, 0.3) is 5.91 Å². The molecule has 2 aliphatic rings. The van der Waals surface area contributed by atoms with Crippen molar-refractivity contribution in [2.45, 2.75) is 71.3 Å². The third-order valence-corrected chi connectivity index (χ3v) is 5.03. The first-order chi connectivity index (χ1) is 11.3. The molecule has 1 atom stereocenters. The van der Waals surface area contributed by atoms with Gasteiger partial charge in [-0.3, -0.25) is 14.5 Å². The second kappa shape index (κ2) is 7.99. The summed E-state index contributed by atoms with van der Waals surface area (Å²) in [4.78, 5) is 37.4. The van der Waals surface area contributed by atoms with Crippen LogP contribution < -0.4 is 10.6 Å². The van der Waals surface area contributed by atoms with E-state index in [1.807, 2.05) is 0 Å². The monoisotopic (exact) mass is 337 g/mol. The first-order valence-corrected chi connectivity index (χ1v) is 9.25. The highest BCUT2D eigenvalue weighted by molar-refractivity contribution is 6.09. The molecule has 0 aromatic carbocycles. The fraction of sp³-hybridized carbons (Fsp3) is 0.833. The second-order valence-electron chi connectivity index (χ2n) is 7.74. The van der Waals surface area contributed by atoms with Crippen molar-refractivity contribution in [3.8, 4) is 0 Å². The van der Waals surface area contributed by atoms with Crippen LogP contribution in [0.3, 0.4) is 0 Å². The van der Waals surface area contributed by atoms with Crippen molar-refractivity contribution in [2.24, 2.45) is 11.8 Å². The van der Waals surface area contributed by atoms with Crippen LogP contribution in [-0.4, -0.2) is 41.4 Å². The fourth-order valence-corrected chi connectivity index (χ4v) is 3.26. The summed E-state index contributed by atoms with van der Waals surface area (Å²) in [6.45, 7) is 6.64. The van der Waals surface area contributed by atoms with Crippen LogP contribution in [-0.2, 0) is 9.59 Å². The highest BCUT2D eigenvalue weighted by atomic mass is 16.2. The van der Waals surface area contributed by atoms with Gasteiger partial charge in [0.15, 0.2) is 0 Å². The Morgan fingerprint density at radius 1 is 1.25 bits per heavy atom. The van der Waals surface area contributed by atoms with E-state index in [4.69, 9.17) is 0 Å². The van der Waals surface area contributed by atoms with Crippen LogP contribution >= 0.6 is 0 Å². The van der Waals surface area contributed by atoms with Crippen LogP contribution in [0.2, 0.25) is 0 Å². The number of hydrogen-bond donors (Lipinski definition) is 2. The van der Waals surface area contributed by atoms with Crippen LogP contribution in [0, 0.1) is 11.8 Å². The van der Waals surface area contributed by atoms with E-state index < -0.39 is 11.6 Å². The Bertz CT molecular complexity index is 488. The number of urea groups is 1. The maximum atomic E-state index is 12.4. The molecule has 0 radical (unpaired) electrons. The Balaban J connectivity index is 1.64. The molecule has 1 unspecified atom stereocenters. The van der Waals surface area contributed by atoms with Crippen molar-refractivity contribution >= 4 is 17.8 Å². The summed E-state index contributed by atoms with van der Waals surface area (Å²) >= 11 is 0. The molecule has 1 heterocycles. The molecule has 0 aromatic rings. The minimum absolute atomic E-state index is 0.180. The summed E-state index contributed by atoms with van der Waals surface area (Å²) in [5.74, 6) is 0.433. The van der Waals surface area contributed by atoms with Crippen molar-refractivity contribution in [3.05, 3.63) is 0 Å². The normalized spacial score (nSPS) is 23.8. The van der Waals surface area contributed by atoms with Gasteiger partial charge in [-0.15, -0.1) is 0 Å². The second-order valence-corrected chi connectivity index (χ2v) is 7.74. The van der Waals surface area contributed by atoms with E-state index in [2.05, 4.69) is 24.5 Å². The number of unbranched alkanes of at least 4 members (excludes halogenated alkanes) is 3. The van der Waals surface area contributed by atoms with Crippen molar-refractivity contribution in [2.75, 3.05) is 13.1 Å². The standard InChI is InChI=1S/C18H31N3O3/c1-13(2)8-6-4-5-7-11-19-15(22)12-21-16(23)18(3,14-9-10-14)20-17(21)24/h13-14H,4-12H2,1-3H3,(H,19,22)(H,20,24). The summed E-state index contributed by atoms with van der Waals surface area (Å²) in [5.41, 5.74) is -0.812. The molecule has 24 heavy (non-hydrogen) atoms. The van der Waals surface area contributed by atoms with E-state index in [0.29, 0.717) is 6.54 Å². The lowest BCUT2D eigenvalue weighted by atomic mass is 9.96. The predicted octanol–water partition coefficient (Wildman–Crippen LogP) is 2.43. The Labute approximate surface area is 144 Å². The molecular weight excluding hydrogens is 306 g/mol. The van der Waals surface area contributed by atoms with Crippen LogP contribution in [0.25, 0.3) is 0 Å². The van der Waals surface area contributed by atoms with E-state index in [1.54, 1.807) is 6.92 Å². The van der Waals surface area contributed by atoms with E-state index in [-0.39, 0.29) is 24.3 Å². The minimum Gasteiger partial charge on any atom is -0.355 e. The van der Waals surface area contributed by atoms with Gasteiger partial charge in [-0.05, 0) is 38.0 Å². The zero-order chi connectivity index (χ0) is 17.7. The van der Waals surface area contributed by atoms with Crippen molar-refractivity contribution in [3.63, 3.8) is 0 Å². The number of carbonyl (C=O) groups is 3. The molecule has 1 aliphatic carbocycles. The molecule has 0 aromatic heterocycles.